The molecule has 4 heteroatoms. The van der Waals surface area contributed by atoms with E-state index in [0.717, 1.165) is 89.8 Å². The van der Waals surface area contributed by atoms with Gasteiger partial charge in [0.1, 0.15) is 23.0 Å². The summed E-state index contributed by atoms with van der Waals surface area (Å²) < 4.78 is 19.8. The van der Waals surface area contributed by atoms with Gasteiger partial charge in [-0.05, 0) is 161 Å². The monoisotopic (exact) mass is 1240 g/mol. The third-order valence-corrected chi connectivity index (χ3v) is 22.2. The van der Waals surface area contributed by atoms with Crippen LogP contribution in [0.5, 0.6) is 23.0 Å². The van der Waals surface area contributed by atoms with Crippen LogP contribution in [0.25, 0.3) is 132 Å². The summed E-state index contributed by atoms with van der Waals surface area (Å²) in [6.45, 7) is 0. The molecule has 2 spiro atoms. The van der Waals surface area contributed by atoms with Gasteiger partial charge in [0.15, 0.2) is 0 Å². The number of fused-ring (bicyclic) bond motifs is 25. The van der Waals surface area contributed by atoms with Crippen LogP contribution in [0.4, 0.5) is 0 Å². The highest BCUT2D eigenvalue weighted by Crippen LogP contribution is 2.64. The SMILES string of the molecule is c1ccc(-c2ccc(-c3ccc(-c4ccc5c(c4)C4(c6ccccc6O5)c5ccccc5-n5c6ccc(-c7cccc8c7Oc7ccc(-c9ccc%10ccc%11ccccc%11c%10c9)cc7C87c8ccccc8-n8c9ccccc9c9cccc7c98)cc6c6cccc4c65)cc3)cc2)cc1. The molecule has 0 N–H and O–H groups in total. The first kappa shape index (κ1) is 53.6. The molecule has 22 rings (SSSR count). The first-order chi connectivity index (χ1) is 48.6. The lowest BCUT2D eigenvalue weighted by Crippen LogP contribution is -2.38. The Morgan fingerprint density at radius 3 is 1.33 bits per heavy atom. The number of ether oxygens (including phenoxy) is 2. The molecule has 0 bridgehead atoms. The number of rotatable bonds is 5. The van der Waals surface area contributed by atoms with Gasteiger partial charge in [0, 0.05) is 49.4 Å². The summed E-state index contributed by atoms with van der Waals surface area (Å²) in [4.78, 5) is 0. The second kappa shape index (κ2) is 19.9. The topological polar surface area (TPSA) is 28.3 Å². The van der Waals surface area contributed by atoms with E-state index in [2.05, 4.69) is 349 Å². The van der Waals surface area contributed by atoms with Gasteiger partial charge in [0.25, 0.3) is 0 Å². The van der Waals surface area contributed by atoms with Crippen LogP contribution in [0.3, 0.4) is 0 Å². The van der Waals surface area contributed by atoms with Crippen molar-refractivity contribution in [1.82, 2.24) is 9.13 Å². The summed E-state index contributed by atoms with van der Waals surface area (Å²) in [6, 6.07) is 126. The van der Waals surface area contributed by atoms with Crippen LogP contribution in [0.2, 0.25) is 0 Å². The van der Waals surface area contributed by atoms with Crippen molar-refractivity contribution < 1.29 is 9.47 Å². The number of benzene rings is 16. The van der Waals surface area contributed by atoms with Crippen LogP contribution in [-0.2, 0) is 10.8 Å². The van der Waals surface area contributed by atoms with Crippen molar-refractivity contribution in [1.29, 1.82) is 0 Å². The molecular weight excluding hydrogens is 1190 g/mol. The van der Waals surface area contributed by atoms with Crippen molar-refractivity contribution in [3.05, 3.63) is 384 Å². The minimum Gasteiger partial charge on any atom is -0.457 e. The maximum absolute atomic E-state index is 7.67. The molecule has 2 aromatic heterocycles. The highest BCUT2D eigenvalue weighted by atomic mass is 16.5. The van der Waals surface area contributed by atoms with Crippen LogP contribution in [0.1, 0.15) is 44.5 Å². The minimum absolute atomic E-state index is 0.745. The number of aromatic nitrogens is 2. The zero-order chi connectivity index (χ0) is 64.0. The van der Waals surface area contributed by atoms with Crippen molar-refractivity contribution in [2.24, 2.45) is 0 Å². The van der Waals surface area contributed by atoms with Gasteiger partial charge in [0.05, 0.1) is 44.3 Å². The summed E-state index contributed by atoms with van der Waals surface area (Å²) in [6.07, 6.45) is 0. The van der Waals surface area contributed by atoms with E-state index >= 15 is 0 Å². The van der Waals surface area contributed by atoms with E-state index < -0.39 is 10.8 Å². The lowest BCUT2D eigenvalue weighted by Gasteiger charge is -2.45. The van der Waals surface area contributed by atoms with E-state index in [-0.39, 0.29) is 0 Å². The predicted octanol–water partition coefficient (Wildman–Crippen LogP) is 24.1. The van der Waals surface area contributed by atoms with E-state index in [4.69, 9.17) is 9.47 Å². The molecule has 0 radical (unpaired) electrons. The zero-order valence-electron chi connectivity index (χ0n) is 53.0. The number of hydrogen-bond donors (Lipinski definition) is 0. The average Bonchev–Trinajstić information content (AvgIpc) is 1.25. The molecule has 0 aliphatic carbocycles. The second-order valence-electron chi connectivity index (χ2n) is 26.9. The normalized spacial score (nSPS) is 15.8. The standard InChI is InChI=1S/C94H56N2O2/c1-2-17-57(18-3-1)58-35-37-59(38-36-58)60-39-41-61(42-40-60)65-48-51-88-81(55-65)93(77-27-9-13-34-87(77)97-88)75-25-7-11-32-85(75)96-84-50-47-67(54-74(84)72-24-16-28-78(93)91(72)96)69-22-14-30-80-92(69)98-89-52-49-66(64-46-45-63-44-43-62-19-4-5-20-68(62)73(63)53-64)56-82(89)94(80)76-26-8-12-33-86(76)95-83-31-10-6-21-70(83)71-23-15-29-79(94)90(71)95/h1-56H. The maximum Gasteiger partial charge on any atom is 0.140 e. The molecule has 0 saturated carbocycles. The second-order valence-corrected chi connectivity index (χ2v) is 26.9. The maximum atomic E-state index is 7.67. The molecule has 18 aromatic rings. The van der Waals surface area contributed by atoms with E-state index in [1.807, 2.05) is 0 Å². The largest absolute Gasteiger partial charge is 0.457 e. The molecule has 2 unspecified atom stereocenters. The van der Waals surface area contributed by atoms with Crippen LogP contribution in [0, 0.1) is 0 Å². The summed E-state index contributed by atoms with van der Waals surface area (Å²) >= 11 is 0. The van der Waals surface area contributed by atoms with Gasteiger partial charge in [-0.25, -0.2) is 0 Å². The third kappa shape index (κ3) is 7.12. The van der Waals surface area contributed by atoms with Crippen molar-refractivity contribution in [3.8, 4) is 90.0 Å². The van der Waals surface area contributed by atoms with Crippen LogP contribution in [0.15, 0.2) is 340 Å². The smallest absolute Gasteiger partial charge is 0.140 e. The third-order valence-electron chi connectivity index (χ3n) is 22.2. The highest BCUT2D eigenvalue weighted by Gasteiger charge is 2.53. The van der Waals surface area contributed by atoms with Crippen LogP contribution in [-0.4, -0.2) is 9.13 Å². The molecule has 6 heterocycles. The van der Waals surface area contributed by atoms with Gasteiger partial charge >= 0.3 is 0 Å². The highest BCUT2D eigenvalue weighted by molar-refractivity contribution is 6.15. The number of hydrogen-bond acceptors (Lipinski definition) is 2. The van der Waals surface area contributed by atoms with E-state index in [1.54, 1.807) is 0 Å². The quantitative estimate of drug-likeness (QED) is 0.161. The fraction of sp³-hybridized carbons (Fsp3) is 0.0213. The van der Waals surface area contributed by atoms with Gasteiger partial charge in [0.2, 0.25) is 0 Å². The summed E-state index contributed by atoms with van der Waals surface area (Å²) in [5, 5.41) is 9.78. The Morgan fingerprint density at radius 1 is 0.214 bits per heavy atom. The summed E-state index contributed by atoms with van der Waals surface area (Å²) in [7, 11) is 0. The lowest BCUT2D eigenvalue weighted by molar-refractivity contribution is 0.434. The van der Waals surface area contributed by atoms with E-state index in [0.29, 0.717) is 0 Å². The van der Waals surface area contributed by atoms with Crippen LogP contribution < -0.4 is 9.47 Å². The fourth-order valence-corrected chi connectivity index (χ4v) is 18.0. The summed E-state index contributed by atoms with van der Waals surface area (Å²) in [5.74, 6) is 3.41. The Kier molecular flexibility index (Phi) is 10.9. The number of para-hydroxylation sites is 7. The first-order valence-corrected chi connectivity index (χ1v) is 33.9. The first-order valence-electron chi connectivity index (χ1n) is 33.9. The van der Waals surface area contributed by atoms with Gasteiger partial charge in [-0.2, -0.15) is 0 Å². The molecule has 2 atom stereocenters. The fourth-order valence-electron chi connectivity index (χ4n) is 18.0. The molecule has 0 fully saturated rings. The molecule has 0 saturated heterocycles. The minimum atomic E-state index is -0.805. The molecule has 4 aliphatic heterocycles. The van der Waals surface area contributed by atoms with Gasteiger partial charge in [-0.3, -0.25) is 0 Å². The van der Waals surface area contributed by atoms with Crippen molar-refractivity contribution >= 4 is 65.2 Å². The molecule has 454 valence electrons. The molecule has 98 heavy (non-hydrogen) atoms. The molecule has 4 nitrogen and oxygen atoms in total. The van der Waals surface area contributed by atoms with Gasteiger partial charge in [-0.15, -0.1) is 0 Å². The Hall–Kier alpha value is -12.8. The van der Waals surface area contributed by atoms with E-state index in [9.17, 15) is 0 Å². The van der Waals surface area contributed by atoms with Gasteiger partial charge < -0.3 is 18.6 Å². The Balaban J connectivity index is 0.734. The van der Waals surface area contributed by atoms with E-state index in [1.165, 1.54) is 110 Å². The molecular formula is C94H56N2O2. The predicted molar refractivity (Wildman–Crippen MR) is 401 cm³/mol. The van der Waals surface area contributed by atoms with Crippen LogP contribution >= 0.6 is 0 Å². The van der Waals surface area contributed by atoms with Crippen molar-refractivity contribution in [2.75, 3.05) is 0 Å². The van der Waals surface area contributed by atoms with Crippen molar-refractivity contribution in [3.63, 3.8) is 0 Å². The average molecular weight is 1250 g/mol. The van der Waals surface area contributed by atoms with Crippen molar-refractivity contribution in [2.45, 2.75) is 10.8 Å². The molecule has 0 amide bonds. The Bertz CT molecular complexity index is 6490. The molecule has 4 aliphatic rings. The number of nitrogens with zero attached hydrogens (tertiary/aromatic N) is 2. The Labute approximate surface area is 565 Å². The lowest BCUT2D eigenvalue weighted by atomic mass is 9.61. The zero-order valence-corrected chi connectivity index (χ0v) is 53.0. The van der Waals surface area contributed by atoms with Gasteiger partial charge in [-0.1, -0.05) is 273 Å². The summed E-state index contributed by atoms with van der Waals surface area (Å²) in [5.41, 5.74) is 26.3. The molecule has 16 aromatic carbocycles. The Morgan fingerprint density at radius 2 is 0.633 bits per heavy atom.